The van der Waals surface area contributed by atoms with Gasteiger partial charge in [0.1, 0.15) is 17.9 Å². The lowest BCUT2D eigenvalue weighted by atomic mass is 10.2. The number of rotatable bonds is 7. The minimum Gasteiger partial charge on any atom is -0.461 e. The van der Waals surface area contributed by atoms with Crippen LogP contribution in [0.5, 0.6) is 0 Å². The van der Waals surface area contributed by atoms with E-state index in [9.17, 15) is 9.59 Å². The van der Waals surface area contributed by atoms with Crippen molar-refractivity contribution < 1.29 is 29.0 Å². The molecule has 0 saturated heterocycles. The number of amides is 1. The Morgan fingerprint density at radius 1 is 1.42 bits per heavy atom. The predicted octanol–water partition coefficient (Wildman–Crippen LogP) is 1.77. The number of nitrogens with zero attached hydrogens (tertiary/aromatic N) is 2. The van der Waals surface area contributed by atoms with E-state index in [0.717, 1.165) is 11.3 Å². The molecule has 0 fully saturated rings. The van der Waals surface area contributed by atoms with Gasteiger partial charge in [0.2, 0.25) is 5.71 Å². The quantitative estimate of drug-likeness (QED) is 0.329. The largest absolute Gasteiger partial charge is 0.461 e. The summed E-state index contributed by atoms with van der Waals surface area (Å²) in [6.45, 7) is 6.71. The van der Waals surface area contributed by atoms with Crippen molar-refractivity contribution in [2.45, 2.75) is 33.3 Å². The number of hydrogen-bond donors (Lipinski definition) is 2. The van der Waals surface area contributed by atoms with Crippen LogP contribution >= 0.6 is 11.3 Å². The molecule has 0 aliphatic carbocycles. The van der Waals surface area contributed by atoms with Crippen molar-refractivity contribution in [1.29, 1.82) is 0 Å². The van der Waals surface area contributed by atoms with Gasteiger partial charge in [0.05, 0.1) is 13.2 Å². The van der Waals surface area contributed by atoms with Gasteiger partial charge in [0, 0.05) is 5.38 Å². The third kappa shape index (κ3) is 6.92. The maximum Gasteiger partial charge on any atom is 0.413 e. The van der Waals surface area contributed by atoms with E-state index in [-0.39, 0.29) is 36.4 Å². The first-order valence-corrected chi connectivity index (χ1v) is 8.08. The van der Waals surface area contributed by atoms with Gasteiger partial charge in [-0.3, -0.25) is 5.32 Å². The first-order chi connectivity index (χ1) is 11.3. The molecular formula is C14H21N3O6S. The van der Waals surface area contributed by atoms with E-state index in [2.05, 4.69) is 15.5 Å². The zero-order chi connectivity index (χ0) is 18.2. The van der Waals surface area contributed by atoms with E-state index >= 15 is 0 Å². The van der Waals surface area contributed by atoms with Crippen LogP contribution in [-0.4, -0.2) is 53.3 Å². The number of anilines is 1. The van der Waals surface area contributed by atoms with E-state index in [4.69, 9.17) is 19.4 Å². The molecule has 1 heterocycles. The molecule has 134 valence electrons. The molecule has 1 amide bonds. The number of nitrogens with one attached hydrogen (secondary N) is 1. The Morgan fingerprint density at radius 3 is 2.71 bits per heavy atom. The number of aliphatic hydroxyl groups excluding tert-OH is 1. The summed E-state index contributed by atoms with van der Waals surface area (Å²) in [7, 11) is 0. The molecule has 1 aromatic heterocycles. The van der Waals surface area contributed by atoms with Crippen molar-refractivity contribution in [2.24, 2.45) is 5.16 Å². The number of aromatic nitrogens is 1. The molecule has 24 heavy (non-hydrogen) atoms. The van der Waals surface area contributed by atoms with Crippen molar-refractivity contribution in [1.82, 2.24) is 4.98 Å². The summed E-state index contributed by atoms with van der Waals surface area (Å²) in [5, 5.41) is 16.6. The minimum absolute atomic E-state index is 0.0734. The molecular weight excluding hydrogens is 338 g/mol. The molecule has 0 atom stereocenters. The van der Waals surface area contributed by atoms with Gasteiger partial charge in [-0.1, -0.05) is 5.16 Å². The normalized spacial score (nSPS) is 11.8. The lowest BCUT2D eigenvalue weighted by molar-refractivity contribution is -0.135. The molecule has 0 bridgehead atoms. The van der Waals surface area contributed by atoms with Crippen LogP contribution in [0.3, 0.4) is 0 Å². The summed E-state index contributed by atoms with van der Waals surface area (Å²) in [5.41, 5.74) is -0.610. The summed E-state index contributed by atoms with van der Waals surface area (Å²) >= 11 is 1.09. The molecule has 0 radical (unpaired) electrons. The summed E-state index contributed by atoms with van der Waals surface area (Å²) in [6, 6.07) is 0. The Hall–Kier alpha value is -2.20. The Balaban J connectivity index is 2.86. The third-order valence-electron chi connectivity index (χ3n) is 2.16. The fourth-order valence-electron chi connectivity index (χ4n) is 1.37. The summed E-state index contributed by atoms with van der Waals surface area (Å²) in [4.78, 5) is 32.5. The molecule has 0 unspecified atom stereocenters. The van der Waals surface area contributed by atoms with Crippen LogP contribution < -0.4 is 5.32 Å². The molecule has 1 rings (SSSR count). The van der Waals surface area contributed by atoms with Gasteiger partial charge in [-0.2, -0.15) is 0 Å². The van der Waals surface area contributed by atoms with E-state index < -0.39 is 17.7 Å². The van der Waals surface area contributed by atoms with Crippen molar-refractivity contribution >= 4 is 34.2 Å². The molecule has 9 nitrogen and oxygen atoms in total. The summed E-state index contributed by atoms with van der Waals surface area (Å²) in [5.74, 6) is -0.718. The minimum atomic E-state index is -0.718. The van der Waals surface area contributed by atoms with Crippen LogP contribution in [-0.2, 0) is 19.1 Å². The number of thiazole rings is 1. The van der Waals surface area contributed by atoms with Gasteiger partial charge >= 0.3 is 12.1 Å². The molecule has 0 aromatic carbocycles. The van der Waals surface area contributed by atoms with Gasteiger partial charge in [-0.05, 0) is 27.7 Å². The number of hydrogen-bond acceptors (Lipinski definition) is 9. The van der Waals surface area contributed by atoms with Crippen molar-refractivity contribution in [3.05, 3.63) is 11.1 Å². The molecule has 10 heteroatoms. The van der Waals surface area contributed by atoms with Crippen molar-refractivity contribution in [3.8, 4) is 0 Å². The zero-order valence-corrected chi connectivity index (χ0v) is 14.8. The van der Waals surface area contributed by atoms with Gasteiger partial charge in [0.15, 0.2) is 5.13 Å². The van der Waals surface area contributed by atoms with E-state index in [1.54, 1.807) is 27.7 Å². The van der Waals surface area contributed by atoms with Crippen LogP contribution in [0.2, 0.25) is 0 Å². The topological polar surface area (TPSA) is 119 Å². The van der Waals surface area contributed by atoms with Gasteiger partial charge in [0.25, 0.3) is 0 Å². The van der Waals surface area contributed by atoms with Crippen LogP contribution in [0.4, 0.5) is 9.93 Å². The Kier molecular flexibility index (Phi) is 7.59. The summed E-state index contributed by atoms with van der Waals surface area (Å²) in [6.07, 6.45) is -0.658. The maximum atomic E-state index is 11.9. The second-order valence-corrected chi connectivity index (χ2v) is 6.24. The highest BCUT2D eigenvalue weighted by Gasteiger charge is 2.22. The lowest BCUT2D eigenvalue weighted by Gasteiger charge is -2.18. The number of esters is 1. The average Bonchev–Trinajstić information content (AvgIpc) is 2.89. The van der Waals surface area contributed by atoms with Crippen molar-refractivity contribution in [3.63, 3.8) is 0 Å². The third-order valence-corrected chi connectivity index (χ3v) is 2.92. The summed E-state index contributed by atoms with van der Waals surface area (Å²) < 4.78 is 10.0. The SMILES string of the molecule is CCOC(=O)/C(=N\OCCO)c1csc(NC(=O)OC(C)(C)C)n1. The van der Waals surface area contributed by atoms with E-state index in [1.807, 2.05) is 0 Å². The highest BCUT2D eigenvalue weighted by molar-refractivity contribution is 7.14. The molecule has 0 aliphatic rings. The Bertz CT molecular complexity index is 594. The fraction of sp³-hybridized carbons (Fsp3) is 0.571. The van der Waals surface area contributed by atoms with Gasteiger partial charge in [-0.15, -0.1) is 11.3 Å². The average molecular weight is 359 g/mol. The number of oxime groups is 1. The maximum absolute atomic E-state index is 11.9. The fourth-order valence-corrected chi connectivity index (χ4v) is 2.05. The Labute approximate surface area is 143 Å². The van der Waals surface area contributed by atoms with Crippen LogP contribution in [0.1, 0.15) is 33.4 Å². The molecule has 0 saturated carbocycles. The van der Waals surface area contributed by atoms with Crippen LogP contribution in [0, 0.1) is 0 Å². The zero-order valence-electron chi connectivity index (χ0n) is 14.0. The lowest BCUT2D eigenvalue weighted by Crippen LogP contribution is -2.27. The van der Waals surface area contributed by atoms with Crippen molar-refractivity contribution in [2.75, 3.05) is 25.1 Å². The predicted molar refractivity (Wildman–Crippen MR) is 88.2 cm³/mol. The van der Waals surface area contributed by atoms with Gasteiger partial charge in [-0.25, -0.2) is 14.6 Å². The number of carbonyl (C=O) groups is 2. The standard InChI is InChI=1S/C14H21N3O6S/c1-5-21-11(19)10(17-22-7-6-18)9-8-24-12(15-9)16-13(20)23-14(2,3)4/h8,18H,5-7H2,1-4H3,(H,15,16,20)/b17-10-. The van der Waals surface area contributed by atoms with E-state index in [0.29, 0.717) is 0 Å². The number of ether oxygens (including phenoxy) is 2. The number of aliphatic hydroxyl groups is 1. The monoisotopic (exact) mass is 359 g/mol. The molecule has 0 aliphatic heterocycles. The number of carbonyl (C=O) groups excluding carboxylic acids is 2. The Morgan fingerprint density at radius 2 is 2.12 bits per heavy atom. The first kappa shape index (κ1) is 19.8. The highest BCUT2D eigenvalue weighted by Crippen LogP contribution is 2.18. The molecule has 2 N–H and O–H groups in total. The highest BCUT2D eigenvalue weighted by atomic mass is 32.1. The second kappa shape index (κ2) is 9.18. The second-order valence-electron chi connectivity index (χ2n) is 5.38. The van der Waals surface area contributed by atoms with Crippen LogP contribution in [0.15, 0.2) is 10.5 Å². The van der Waals surface area contributed by atoms with Crippen LogP contribution in [0.25, 0.3) is 0 Å². The first-order valence-electron chi connectivity index (χ1n) is 7.20. The molecule has 1 aromatic rings. The van der Waals surface area contributed by atoms with Gasteiger partial charge < -0.3 is 19.4 Å². The smallest absolute Gasteiger partial charge is 0.413 e. The van der Waals surface area contributed by atoms with E-state index in [1.165, 1.54) is 5.38 Å². The molecule has 0 spiro atoms.